The second-order valence-electron chi connectivity index (χ2n) is 14.0. The number of nitrogens with one attached hydrogen (secondary N) is 1. The molecular formula is C30H47N3O4S. The number of aliphatic hydroxyl groups excluding tert-OH is 2. The molecule has 5 fully saturated rings. The molecule has 11 atom stereocenters. The van der Waals surface area contributed by atoms with Gasteiger partial charge < -0.3 is 20.3 Å². The van der Waals surface area contributed by atoms with E-state index in [1.54, 1.807) is 0 Å². The van der Waals surface area contributed by atoms with Gasteiger partial charge in [0.15, 0.2) is 0 Å². The molecule has 5 aliphatic rings. The summed E-state index contributed by atoms with van der Waals surface area (Å²) in [5.74, 6) is 3.08. The normalized spacial score (nSPS) is 45.2. The second-order valence-corrected chi connectivity index (χ2v) is 15.0. The second kappa shape index (κ2) is 10.4. The summed E-state index contributed by atoms with van der Waals surface area (Å²) < 4.78 is 5.69. The van der Waals surface area contributed by atoms with Gasteiger partial charge in [-0.25, -0.2) is 0 Å². The molecule has 2 heterocycles. The Balaban J connectivity index is 1.07. The molecule has 7 nitrogen and oxygen atoms in total. The lowest BCUT2D eigenvalue weighted by atomic mass is 9.43. The molecule has 1 saturated heterocycles. The van der Waals surface area contributed by atoms with Gasteiger partial charge in [-0.1, -0.05) is 32.1 Å². The average molecular weight is 546 g/mol. The lowest BCUT2D eigenvalue weighted by Crippen LogP contribution is -2.58. The Hall–Kier alpha value is -1.09. The Kier molecular flexibility index (Phi) is 7.41. The predicted molar refractivity (Wildman–Crippen MR) is 147 cm³/mol. The zero-order valence-electron chi connectivity index (χ0n) is 23.4. The fourth-order valence-corrected chi connectivity index (χ4v) is 10.9. The summed E-state index contributed by atoms with van der Waals surface area (Å²) in [6.45, 7) is 8.09. The topological polar surface area (TPSA) is 105 Å². The molecule has 1 aliphatic heterocycles. The van der Waals surface area contributed by atoms with Crippen molar-refractivity contribution in [3.8, 4) is 0 Å². The number of hydrogen-bond acceptors (Lipinski definition) is 7. The van der Waals surface area contributed by atoms with E-state index in [0.29, 0.717) is 47.1 Å². The SMILES string of the molecule is C[C@H](CCC(=O)Nc1nnc(C2CCCO2)s1)[C@H]1CC[C@H]2[C@@H]3[C@@H](O)C[C@@H]4C[C@H](O)CC[C@]4(C)[C@H]3CC[C@]12C. The molecule has 0 bridgehead atoms. The summed E-state index contributed by atoms with van der Waals surface area (Å²) in [5.41, 5.74) is 0.505. The first-order valence-corrected chi connectivity index (χ1v) is 16.1. The molecule has 212 valence electrons. The maximum absolute atomic E-state index is 12.8. The summed E-state index contributed by atoms with van der Waals surface area (Å²) in [5, 5.41) is 34.6. The number of aromatic nitrogens is 2. The van der Waals surface area contributed by atoms with Crippen molar-refractivity contribution >= 4 is 22.4 Å². The Morgan fingerprint density at radius 3 is 2.66 bits per heavy atom. The Morgan fingerprint density at radius 2 is 1.87 bits per heavy atom. The van der Waals surface area contributed by atoms with Crippen LogP contribution in [0.3, 0.4) is 0 Å². The van der Waals surface area contributed by atoms with Crippen molar-refractivity contribution in [2.75, 3.05) is 11.9 Å². The number of fused-ring (bicyclic) bond motifs is 5. The first-order valence-electron chi connectivity index (χ1n) is 15.3. The van der Waals surface area contributed by atoms with Gasteiger partial charge in [0.05, 0.1) is 12.2 Å². The quantitative estimate of drug-likeness (QED) is 0.421. The van der Waals surface area contributed by atoms with Crippen LogP contribution in [0, 0.1) is 46.3 Å². The summed E-state index contributed by atoms with van der Waals surface area (Å²) in [6.07, 6.45) is 11.6. The van der Waals surface area contributed by atoms with Crippen molar-refractivity contribution in [3.05, 3.63) is 5.01 Å². The average Bonchev–Trinajstić information content (AvgIpc) is 3.63. The molecule has 1 aromatic rings. The molecule has 0 aromatic carbocycles. The summed E-state index contributed by atoms with van der Waals surface area (Å²) in [4.78, 5) is 12.8. The maximum Gasteiger partial charge on any atom is 0.226 e. The van der Waals surface area contributed by atoms with Crippen LogP contribution in [0.25, 0.3) is 0 Å². The number of hydrogen-bond donors (Lipinski definition) is 3. The zero-order valence-corrected chi connectivity index (χ0v) is 24.2. The van der Waals surface area contributed by atoms with Crippen molar-refractivity contribution in [3.63, 3.8) is 0 Å². The van der Waals surface area contributed by atoms with Gasteiger partial charge in [-0.15, -0.1) is 10.2 Å². The highest BCUT2D eigenvalue weighted by Crippen LogP contribution is 2.68. The molecule has 8 heteroatoms. The van der Waals surface area contributed by atoms with Crippen LogP contribution in [-0.2, 0) is 9.53 Å². The molecule has 6 rings (SSSR count). The smallest absolute Gasteiger partial charge is 0.226 e. The molecule has 0 radical (unpaired) electrons. The van der Waals surface area contributed by atoms with Crippen molar-refractivity contribution in [1.29, 1.82) is 0 Å². The van der Waals surface area contributed by atoms with Gasteiger partial charge >= 0.3 is 0 Å². The van der Waals surface area contributed by atoms with Crippen molar-refractivity contribution in [1.82, 2.24) is 10.2 Å². The number of amides is 1. The third-order valence-corrected chi connectivity index (χ3v) is 13.1. The Bertz CT molecular complexity index is 1010. The predicted octanol–water partition coefficient (Wildman–Crippen LogP) is 5.74. The van der Waals surface area contributed by atoms with Crippen molar-refractivity contribution in [2.24, 2.45) is 46.3 Å². The van der Waals surface area contributed by atoms with E-state index >= 15 is 0 Å². The lowest BCUT2D eigenvalue weighted by molar-refractivity contribution is -0.174. The van der Waals surface area contributed by atoms with E-state index in [9.17, 15) is 15.0 Å². The van der Waals surface area contributed by atoms with E-state index in [-0.39, 0.29) is 35.0 Å². The van der Waals surface area contributed by atoms with Crippen LogP contribution in [0.5, 0.6) is 0 Å². The Labute approximate surface area is 231 Å². The van der Waals surface area contributed by atoms with E-state index in [2.05, 4.69) is 36.3 Å². The summed E-state index contributed by atoms with van der Waals surface area (Å²) >= 11 is 1.43. The van der Waals surface area contributed by atoms with Crippen LogP contribution in [0.1, 0.15) is 109 Å². The van der Waals surface area contributed by atoms with Gasteiger partial charge in [0, 0.05) is 13.0 Å². The molecule has 3 N–H and O–H groups in total. The fraction of sp³-hybridized carbons (Fsp3) is 0.900. The van der Waals surface area contributed by atoms with Crippen molar-refractivity contribution < 1.29 is 19.7 Å². The molecule has 0 spiro atoms. The molecule has 1 unspecified atom stereocenters. The minimum absolute atomic E-state index is 0.0245. The maximum atomic E-state index is 12.8. The van der Waals surface area contributed by atoms with Crippen molar-refractivity contribution in [2.45, 2.75) is 116 Å². The minimum Gasteiger partial charge on any atom is -0.393 e. The highest BCUT2D eigenvalue weighted by atomic mass is 32.1. The summed E-state index contributed by atoms with van der Waals surface area (Å²) in [7, 11) is 0. The van der Waals surface area contributed by atoms with Gasteiger partial charge in [0.2, 0.25) is 11.0 Å². The molecule has 1 amide bonds. The van der Waals surface area contributed by atoms with Gasteiger partial charge in [0.1, 0.15) is 11.1 Å². The number of aliphatic hydroxyl groups is 2. The molecule has 4 saturated carbocycles. The van der Waals surface area contributed by atoms with Crippen LogP contribution in [0.15, 0.2) is 0 Å². The first kappa shape index (κ1) is 27.1. The molecule has 4 aliphatic carbocycles. The van der Waals surface area contributed by atoms with Gasteiger partial charge in [-0.05, 0) is 117 Å². The largest absolute Gasteiger partial charge is 0.393 e. The standard InChI is InChI=1S/C30H47N3O4S/c1-17(6-9-25(36)31-28-33-32-27(38-28)24-5-4-14-37-24)20-7-8-21-26-22(11-13-30(20,21)3)29(2)12-10-19(34)15-18(29)16-23(26)35/h17-24,26,34-35H,4-16H2,1-3H3,(H,31,33,36)/t17-,18+,19-,20-,21+,22+,23+,24?,26+,29+,30-/m1/s1. The van der Waals surface area contributed by atoms with Crippen LogP contribution in [0.4, 0.5) is 5.13 Å². The van der Waals surface area contributed by atoms with E-state index < -0.39 is 0 Å². The lowest BCUT2D eigenvalue weighted by Gasteiger charge is -2.62. The molecule has 38 heavy (non-hydrogen) atoms. The highest BCUT2D eigenvalue weighted by Gasteiger charge is 2.62. The third-order valence-electron chi connectivity index (χ3n) is 12.1. The molecular weight excluding hydrogens is 498 g/mol. The number of carbonyl (C=O) groups is 1. The number of carbonyl (C=O) groups excluding carboxylic acids is 1. The van der Waals surface area contributed by atoms with Crippen LogP contribution in [-0.4, -0.2) is 45.1 Å². The molecule has 1 aromatic heterocycles. The van der Waals surface area contributed by atoms with E-state index in [4.69, 9.17) is 4.74 Å². The number of nitrogens with zero attached hydrogens (tertiary/aromatic N) is 2. The van der Waals surface area contributed by atoms with Crippen LogP contribution < -0.4 is 5.32 Å². The monoisotopic (exact) mass is 545 g/mol. The number of rotatable bonds is 6. The van der Waals surface area contributed by atoms with Gasteiger partial charge in [-0.2, -0.15) is 0 Å². The Morgan fingerprint density at radius 1 is 1.08 bits per heavy atom. The highest BCUT2D eigenvalue weighted by molar-refractivity contribution is 7.15. The van der Waals surface area contributed by atoms with E-state index in [0.717, 1.165) is 56.6 Å². The first-order chi connectivity index (χ1) is 18.2. The van der Waals surface area contributed by atoms with Gasteiger partial charge in [-0.3, -0.25) is 4.79 Å². The van der Waals surface area contributed by atoms with E-state index in [1.807, 2.05) is 0 Å². The zero-order chi connectivity index (χ0) is 26.7. The third kappa shape index (κ3) is 4.65. The van der Waals surface area contributed by atoms with E-state index in [1.165, 1.54) is 37.0 Å². The van der Waals surface area contributed by atoms with Crippen LogP contribution >= 0.6 is 11.3 Å². The summed E-state index contributed by atoms with van der Waals surface area (Å²) in [6, 6.07) is 0. The number of ether oxygens (including phenoxy) is 1. The fourth-order valence-electron chi connectivity index (χ4n) is 10.1. The van der Waals surface area contributed by atoms with Gasteiger partial charge in [0.25, 0.3) is 0 Å². The number of anilines is 1. The minimum atomic E-state index is -0.237. The van der Waals surface area contributed by atoms with Crippen LogP contribution in [0.2, 0.25) is 0 Å².